The highest BCUT2D eigenvalue weighted by Crippen LogP contribution is 2.34. The lowest BCUT2D eigenvalue weighted by atomic mass is 9.99. The smallest absolute Gasteiger partial charge is 0.223 e. The number of ether oxygens (including phenoxy) is 1. The number of hydrazone groups is 1. The van der Waals surface area contributed by atoms with E-state index in [0.717, 1.165) is 70.2 Å². The van der Waals surface area contributed by atoms with Crippen LogP contribution in [0.2, 0.25) is 0 Å². The molecule has 1 amide bonds. The van der Waals surface area contributed by atoms with E-state index in [1.54, 1.807) is 0 Å². The Balaban J connectivity index is 1.11. The molecule has 4 aliphatic rings. The van der Waals surface area contributed by atoms with Crippen LogP contribution in [-0.4, -0.2) is 83.0 Å². The van der Waals surface area contributed by atoms with E-state index >= 15 is 0 Å². The first-order valence-corrected chi connectivity index (χ1v) is 13.7. The number of carbonyl (C=O) groups excluding carboxylic acids is 1. The van der Waals surface area contributed by atoms with Crippen molar-refractivity contribution in [2.75, 3.05) is 39.3 Å². The molecule has 2 N–H and O–H groups in total. The summed E-state index contributed by atoms with van der Waals surface area (Å²) >= 11 is 0. The molecule has 9 nitrogen and oxygen atoms in total. The predicted molar refractivity (Wildman–Crippen MR) is 141 cm³/mol. The molecule has 4 aliphatic heterocycles. The molecule has 0 radical (unpaired) electrons. The lowest BCUT2D eigenvalue weighted by Crippen LogP contribution is -2.54. The van der Waals surface area contributed by atoms with Crippen molar-refractivity contribution in [2.45, 2.75) is 70.6 Å². The maximum Gasteiger partial charge on any atom is 0.223 e. The van der Waals surface area contributed by atoms with Crippen molar-refractivity contribution >= 4 is 11.7 Å². The third kappa shape index (κ3) is 5.47. The van der Waals surface area contributed by atoms with Crippen LogP contribution in [0.3, 0.4) is 0 Å². The van der Waals surface area contributed by atoms with Crippen LogP contribution >= 0.6 is 0 Å². The molecular weight excluding hydrogens is 454 g/mol. The summed E-state index contributed by atoms with van der Waals surface area (Å²) in [5, 5.41) is 6.83. The van der Waals surface area contributed by atoms with E-state index in [1.807, 2.05) is 4.90 Å². The molecular formula is C27H41N7O2. The van der Waals surface area contributed by atoms with Crippen molar-refractivity contribution in [3.05, 3.63) is 42.2 Å². The largest absolute Gasteiger partial charge is 0.494 e. The minimum Gasteiger partial charge on any atom is -0.494 e. The minimum absolute atomic E-state index is 0.0758. The molecule has 9 heteroatoms. The number of unbranched alkanes of at least 4 members (excludes halogenated alkanes) is 1. The third-order valence-electron chi connectivity index (χ3n) is 7.69. The summed E-state index contributed by atoms with van der Waals surface area (Å²) in [6.45, 7) is 9.92. The number of benzene rings is 1. The van der Waals surface area contributed by atoms with Crippen molar-refractivity contribution in [1.82, 2.24) is 30.6 Å². The van der Waals surface area contributed by atoms with Crippen LogP contribution < -0.4 is 15.6 Å². The summed E-state index contributed by atoms with van der Waals surface area (Å²) in [4.78, 5) is 19.5. The third-order valence-corrected chi connectivity index (χ3v) is 7.69. The van der Waals surface area contributed by atoms with E-state index < -0.39 is 0 Å². The summed E-state index contributed by atoms with van der Waals surface area (Å²) < 4.78 is 5.82. The van der Waals surface area contributed by atoms with Gasteiger partial charge in [0.15, 0.2) is 0 Å². The van der Waals surface area contributed by atoms with Crippen molar-refractivity contribution in [3.8, 4) is 5.75 Å². The van der Waals surface area contributed by atoms with E-state index in [-0.39, 0.29) is 24.2 Å². The fourth-order valence-electron chi connectivity index (χ4n) is 5.57. The second-order valence-corrected chi connectivity index (χ2v) is 10.2. The van der Waals surface area contributed by atoms with Gasteiger partial charge in [0, 0.05) is 51.4 Å². The van der Waals surface area contributed by atoms with Crippen LogP contribution in [0.4, 0.5) is 0 Å². The Kier molecular flexibility index (Phi) is 7.96. The predicted octanol–water partition coefficient (Wildman–Crippen LogP) is 2.85. The molecule has 4 heterocycles. The zero-order valence-electron chi connectivity index (χ0n) is 21.7. The van der Waals surface area contributed by atoms with Gasteiger partial charge < -0.3 is 19.5 Å². The van der Waals surface area contributed by atoms with Crippen molar-refractivity contribution in [2.24, 2.45) is 5.10 Å². The molecule has 5 rings (SSSR count). The monoisotopic (exact) mass is 495 g/mol. The van der Waals surface area contributed by atoms with Gasteiger partial charge in [0.05, 0.1) is 18.7 Å². The first-order chi connectivity index (χ1) is 17.7. The number of hydrogen-bond donors (Lipinski definition) is 2. The number of piperazine rings is 1. The van der Waals surface area contributed by atoms with E-state index in [0.29, 0.717) is 12.8 Å². The molecule has 1 aromatic rings. The van der Waals surface area contributed by atoms with Gasteiger partial charge in [0.1, 0.15) is 17.8 Å². The van der Waals surface area contributed by atoms with E-state index in [1.165, 1.54) is 12.0 Å². The molecule has 2 fully saturated rings. The van der Waals surface area contributed by atoms with E-state index in [9.17, 15) is 4.79 Å². The number of rotatable bonds is 10. The van der Waals surface area contributed by atoms with Crippen molar-refractivity contribution in [3.63, 3.8) is 0 Å². The Labute approximate surface area is 215 Å². The first-order valence-electron chi connectivity index (χ1n) is 13.7. The van der Waals surface area contributed by atoms with Crippen LogP contribution in [0.1, 0.15) is 64.0 Å². The molecule has 36 heavy (non-hydrogen) atoms. The zero-order valence-corrected chi connectivity index (χ0v) is 21.7. The Bertz CT molecular complexity index is 942. The normalized spacial score (nSPS) is 25.4. The molecule has 0 bridgehead atoms. The Hall–Kier alpha value is -2.78. The fraction of sp³-hybridized carbons (Fsp3) is 0.630. The number of nitrogens with one attached hydrogen (secondary N) is 2. The topological polar surface area (TPSA) is 75.7 Å². The molecule has 3 unspecified atom stereocenters. The lowest BCUT2D eigenvalue weighted by molar-refractivity contribution is -0.132. The Morgan fingerprint density at radius 3 is 2.64 bits per heavy atom. The first kappa shape index (κ1) is 24.9. The van der Waals surface area contributed by atoms with Gasteiger partial charge in [-0.1, -0.05) is 32.4 Å². The zero-order chi connectivity index (χ0) is 24.9. The van der Waals surface area contributed by atoms with E-state index in [2.05, 4.69) is 81.3 Å². The second-order valence-electron chi connectivity index (χ2n) is 10.2. The maximum atomic E-state index is 12.8. The van der Waals surface area contributed by atoms with Gasteiger partial charge in [-0.2, -0.15) is 5.10 Å². The van der Waals surface area contributed by atoms with Gasteiger partial charge >= 0.3 is 0 Å². The van der Waals surface area contributed by atoms with Crippen molar-refractivity contribution < 1.29 is 9.53 Å². The average molecular weight is 496 g/mol. The Morgan fingerprint density at radius 1 is 1.08 bits per heavy atom. The quantitative estimate of drug-likeness (QED) is 0.484. The number of fused-ring (bicyclic) bond motifs is 3. The SMILES string of the molecule is CCCCOc1ccc(C2CC3C4NN=C(CCC(=O)N5CCN(CCC)CC5)N4C=CN3N2)cc1. The molecule has 0 spiro atoms. The number of amides is 1. The van der Waals surface area contributed by atoms with Gasteiger partial charge in [-0.25, -0.2) is 5.43 Å². The van der Waals surface area contributed by atoms with Gasteiger partial charge in [0.25, 0.3) is 0 Å². The lowest BCUT2D eigenvalue weighted by Gasteiger charge is -2.37. The summed E-state index contributed by atoms with van der Waals surface area (Å²) in [5.74, 6) is 2.12. The molecule has 2 saturated heterocycles. The summed E-state index contributed by atoms with van der Waals surface area (Å²) in [7, 11) is 0. The Morgan fingerprint density at radius 2 is 1.89 bits per heavy atom. The molecule has 196 valence electrons. The number of hydrazine groups is 1. The van der Waals surface area contributed by atoms with Gasteiger partial charge in [0.2, 0.25) is 5.91 Å². The van der Waals surface area contributed by atoms with Crippen LogP contribution in [0.15, 0.2) is 41.8 Å². The highest BCUT2D eigenvalue weighted by atomic mass is 16.5. The number of amidine groups is 1. The summed E-state index contributed by atoms with van der Waals surface area (Å²) in [5.41, 5.74) is 8.24. The highest BCUT2D eigenvalue weighted by molar-refractivity contribution is 5.89. The maximum absolute atomic E-state index is 12.8. The van der Waals surface area contributed by atoms with Crippen LogP contribution in [0.5, 0.6) is 5.75 Å². The highest BCUT2D eigenvalue weighted by Gasteiger charge is 2.44. The van der Waals surface area contributed by atoms with Crippen LogP contribution in [-0.2, 0) is 4.79 Å². The molecule has 1 aromatic carbocycles. The van der Waals surface area contributed by atoms with Crippen molar-refractivity contribution in [1.29, 1.82) is 0 Å². The molecule has 0 aliphatic carbocycles. The minimum atomic E-state index is 0.0758. The summed E-state index contributed by atoms with van der Waals surface area (Å²) in [6.07, 6.45) is 9.77. The van der Waals surface area contributed by atoms with Gasteiger partial charge in [-0.3, -0.25) is 15.1 Å². The summed E-state index contributed by atoms with van der Waals surface area (Å²) in [6, 6.07) is 8.96. The van der Waals surface area contributed by atoms with E-state index in [4.69, 9.17) is 4.74 Å². The molecule has 3 atom stereocenters. The standard InChI is InChI=1S/C27H41N7O2/c1-3-5-19-36-22-8-6-21(7-9-22)23-20-24-27-29-28-25(33(27)17-18-34(24)30-23)10-11-26(35)32-15-13-31(12-4-2)14-16-32/h6-9,17-18,23-24,27,29-30H,3-5,10-16,19-20H2,1-2H3. The molecule has 0 saturated carbocycles. The van der Waals surface area contributed by atoms with Crippen LogP contribution in [0.25, 0.3) is 0 Å². The second kappa shape index (κ2) is 11.5. The average Bonchev–Trinajstić information content (AvgIpc) is 3.53. The van der Waals surface area contributed by atoms with Gasteiger partial charge in [-0.15, -0.1) is 0 Å². The van der Waals surface area contributed by atoms with Crippen LogP contribution in [0, 0.1) is 0 Å². The number of carbonyl (C=O) groups is 1. The fourth-order valence-corrected chi connectivity index (χ4v) is 5.57. The number of nitrogens with zero attached hydrogens (tertiary/aromatic N) is 5. The number of hydrogen-bond acceptors (Lipinski definition) is 8. The molecule has 0 aromatic heterocycles. The van der Waals surface area contributed by atoms with Gasteiger partial charge in [-0.05, 0) is 43.5 Å².